The van der Waals surface area contributed by atoms with Gasteiger partial charge in [-0.3, -0.25) is 5.01 Å². The number of hydrogen-bond donors (Lipinski definition) is 4. The number of rotatable bonds is 14. The van der Waals surface area contributed by atoms with E-state index >= 15 is 0 Å². The van der Waals surface area contributed by atoms with Gasteiger partial charge in [0.1, 0.15) is 25.4 Å². The van der Waals surface area contributed by atoms with Gasteiger partial charge in [0, 0.05) is 43.1 Å². The molecule has 0 aliphatic heterocycles. The molecule has 12 heteroatoms. The minimum absolute atomic E-state index is 0.0745. The Kier molecular flexibility index (Phi) is 10.1. The summed E-state index contributed by atoms with van der Waals surface area (Å²) in [6, 6.07) is 15.9. The topological polar surface area (TPSA) is 167 Å². The van der Waals surface area contributed by atoms with Crippen molar-refractivity contribution in [2.45, 2.75) is 6.92 Å². The van der Waals surface area contributed by atoms with Crippen LogP contribution in [0, 0.1) is 6.92 Å². The first-order valence-electron chi connectivity index (χ1n) is 13.1. The average molecular weight is 575 g/mol. The molecule has 6 N–H and O–H groups in total. The zero-order chi connectivity index (χ0) is 30.1. The summed E-state index contributed by atoms with van der Waals surface area (Å²) in [6.45, 7) is 3.33. The van der Waals surface area contributed by atoms with Gasteiger partial charge in [-0.1, -0.05) is 23.8 Å². The molecule has 0 atom stereocenters. The molecule has 0 saturated heterocycles. The lowest BCUT2D eigenvalue weighted by molar-refractivity contribution is 0.0697. The number of fused-ring (bicyclic) bond motifs is 1. The van der Waals surface area contributed by atoms with Crippen LogP contribution in [0.1, 0.15) is 21.5 Å². The molecule has 1 heterocycles. The second kappa shape index (κ2) is 14.1. The first-order valence-corrected chi connectivity index (χ1v) is 13.1. The Bertz CT molecular complexity index is 1580. The van der Waals surface area contributed by atoms with Crippen molar-refractivity contribution in [1.82, 2.24) is 9.97 Å². The molecule has 0 spiro atoms. The maximum absolute atomic E-state index is 11.7. The molecule has 0 aliphatic carbocycles. The standard InChI is InChI=1S/C30H34N6O6/c1-19-7-8-26(23(13-19)30(37)38)36(32)17-24(31)20-5-4-6-21(14-20)35-29-22-15-27(41-11-9-39-2)28(42-12-10-40-3)16-25(22)33-18-34-29/h4-8,13-18H,9-12,31-32H2,1-3H3,(H,37,38)(H,33,34,35)/b24-17-. The van der Waals surface area contributed by atoms with Gasteiger partial charge in [0.15, 0.2) is 11.5 Å². The molecule has 0 amide bonds. The fraction of sp³-hybridized carbons (Fsp3) is 0.233. The van der Waals surface area contributed by atoms with E-state index in [9.17, 15) is 9.90 Å². The van der Waals surface area contributed by atoms with Gasteiger partial charge in [-0.05, 0) is 37.3 Å². The molecule has 220 valence electrons. The van der Waals surface area contributed by atoms with Crippen LogP contribution >= 0.6 is 0 Å². The van der Waals surface area contributed by atoms with Crippen LogP contribution in [-0.2, 0) is 9.47 Å². The molecule has 0 aliphatic rings. The predicted molar refractivity (Wildman–Crippen MR) is 161 cm³/mol. The summed E-state index contributed by atoms with van der Waals surface area (Å²) >= 11 is 0. The van der Waals surface area contributed by atoms with Crippen LogP contribution in [-0.4, -0.2) is 61.7 Å². The number of nitrogens with two attached hydrogens (primary N) is 2. The van der Waals surface area contributed by atoms with Gasteiger partial charge >= 0.3 is 5.97 Å². The van der Waals surface area contributed by atoms with Crippen LogP contribution in [0.3, 0.4) is 0 Å². The Morgan fingerprint density at radius 2 is 1.69 bits per heavy atom. The van der Waals surface area contributed by atoms with Gasteiger partial charge < -0.3 is 35.1 Å². The molecule has 0 bridgehead atoms. The highest BCUT2D eigenvalue weighted by molar-refractivity contribution is 5.95. The number of aryl methyl sites for hydroxylation is 1. The Balaban J connectivity index is 1.61. The quantitative estimate of drug-likeness (QED) is 0.0970. The summed E-state index contributed by atoms with van der Waals surface area (Å²) in [6.07, 6.45) is 2.94. The van der Waals surface area contributed by atoms with E-state index in [1.165, 1.54) is 17.5 Å². The van der Waals surface area contributed by atoms with Crippen LogP contribution in [0.2, 0.25) is 0 Å². The number of anilines is 3. The number of nitrogens with zero attached hydrogens (tertiary/aromatic N) is 3. The van der Waals surface area contributed by atoms with Gasteiger partial charge in [-0.25, -0.2) is 20.6 Å². The molecule has 0 fully saturated rings. The van der Waals surface area contributed by atoms with Crippen LogP contribution in [0.4, 0.5) is 17.2 Å². The smallest absolute Gasteiger partial charge is 0.337 e. The number of carbonyl (C=O) groups is 1. The van der Waals surface area contributed by atoms with Crippen LogP contribution in [0.25, 0.3) is 16.6 Å². The molecule has 3 aromatic carbocycles. The predicted octanol–water partition coefficient (Wildman–Crippen LogP) is 4.07. The molecule has 1 aromatic heterocycles. The highest BCUT2D eigenvalue weighted by Gasteiger charge is 2.15. The molecular formula is C30H34N6O6. The number of ether oxygens (including phenoxy) is 4. The van der Waals surface area contributed by atoms with E-state index in [0.717, 1.165) is 5.56 Å². The van der Waals surface area contributed by atoms with E-state index in [0.29, 0.717) is 77.3 Å². The van der Waals surface area contributed by atoms with Crippen molar-refractivity contribution in [2.24, 2.45) is 11.6 Å². The number of methoxy groups -OCH3 is 2. The third kappa shape index (κ3) is 7.43. The maximum atomic E-state index is 11.7. The normalized spacial score (nSPS) is 11.4. The molecule has 4 aromatic rings. The maximum Gasteiger partial charge on any atom is 0.337 e. The van der Waals surface area contributed by atoms with Crippen molar-refractivity contribution in [3.63, 3.8) is 0 Å². The average Bonchev–Trinajstić information content (AvgIpc) is 2.97. The summed E-state index contributed by atoms with van der Waals surface area (Å²) in [5.41, 5.74) is 9.92. The monoisotopic (exact) mass is 574 g/mol. The fourth-order valence-corrected chi connectivity index (χ4v) is 4.11. The zero-order valence-electron chi connectivity index (χ0n) is 23.7. The van der Waals surface area contributed by atoms with E-state index in [4.69, 9.17) is 30.5 Å². The minimum Gasteiger partial charge on any atom is -0.487 e. The number of carboxylic acid groups (broad SMARTS) is 1. The lowest BCUT2D eigenvalue weighted by Gasteiger charge is -2.18. The third-order valence-electron chi connectivity index (χ3n) is 6.19. The second-order valence-corrected chi connectivity index (χ2v) is 9.24. The largest absolute Gasteiger partial charge is 0.487 e. The lowest BCUT2D eigenvalue weighted by atomic mass is 10.1. The number of aromatic carboxylic acids is 1. The van der Waals surface area contributed by atoms with Crippen LogP contribution in [0.5, 0.6) is 11.5 Å². The van der Waals surface area contributed by atoms with Gasteiger partial charge in [-0.15, -0.1) is 0 Å². The molecule has 4 rings (SSSR count). The highest BCUT2D eigenvalue weighted by Crippen LogP contribution is 2.35. The Morgan fingerprint density at radius 1 is 0.976 bits per heavy atom. The summed E-state index contributed by atoms with van der Waals surface area (Å²) in [4.78, 5) is 20.6. The second-order valence-electron chi connectivity index (χ2n) is 9.24. The molecule has 42 heavy (non-hydrogen) atoms. The number of hydrogen-bond acceptors (Lipinski definition) is 11. The summed E-state index contributed by atoms with van der Waals surface area (Å²) in [5, 5.41) is 14.8. The van der Waals surface area contributed by atoms with Crippen LogP contribution < -0.4 is 31.4 Å². The molecule has 0 radical (unpaired) electrons. The SMILES string of the molecule is COCCOc1cc2ncnc(Nc3cccc(/C(N)=C/N(N)c4ccc(C)cc4C(=O)O)c3)c2cc1OCCOC. The lowest BCUT2D eigenvalue weighted by Crippen LogP contribution is -2.27. The molecule has 0 saturated carbocycles. The third-order valence-corrected chi connectivity index (χ3v) is 6.19. The summed E-state index contributed by atoms with van der Waals surface area (Å²) in [7, 11) is 3.21. The molecule has 12 nitrogen and oxygen atoms in total. The highest BCUT2D eigenvalue weighted by atomic mass is 16.5. The fourth-order valence-electron chi connectivity index (χ4n) is 4.11. The first-order chi connectivity index (χ1) is 20.3. The van der Waals surface area contributed by atoms with Crippen molar-refractivity contribution in [3.05, 3.63) is 83.8 Å². The number of carboxylic acids is 1. The van der Waals surface area contributed by atoms with E-state index in [1.807, 2.05) is 37.3 Å². The van der Waals surface area contributed by atoms with Gasteiger partial charge in [-0.2, -0.15) is 0 Å². The Morgan fingerprint density at radius 3 is 2.38 bits per heavy atom. The van der Waals surface area contributed by atoms with Gasteiger partial charge in [0.25, 0.3) is 0 Å². The molecule has 0 unspecified atom stereocenters. The van der Waals surface area contributed by atoms with E-state index < -0.39 is 5.97 Å². The summed E-state index contributed by atoms with van der Waals surface area (Å²) < 4.78 is 22.0. The van der Waals surface area contributed by atoms with Crippen molar-refractivity contribution >= 4 is 39.8 Å². The van der Waals surface area contributed by atoms with E-state index in [-0.39, 0.29) is 5.56 Å². The summed E-state index contributed by atoms with van der Waals surface area (Å²) in [5.74, 6) is 6.72. The molecular weight excluding hydrogens is 540 g/mol. The van der Waals surface area contributed by atoms with Crippen molar-refractivity contribution in [1.29, 1.82) is 0 Å². The van der Waals surface area contributed by atoms with E-state index in [1.54, 1.807) is 38.5 Å². The van der Waals surface area contributed by atoms with Crippen molar-refractivity contribution in [2.75, 3.05) is 51.0 Å². The minimum atomic E-state index is -1.08. The van der Waals surface area contributed by atoms with Crippen molar-refractivity contribution in [3.8, 4) is 11.5 Å². The number of hydrazine groups is 1. The van der Waals surface area contributed by atoms with E-state index in [2.05, 4.69) is 15.3 Å². The van der Waals surface area contributed by atoms with Gasteiger partial charge in [0.2, 0.25) is 0 Å². The number of aromatic nitrogens is 2. The Hall–Kier alpha value is -4.91. The number of nitrogens with one attached hydrogen (secondary N) is 1. The Labute approximate surface area is 243 Å². The number of benzene rings is 3. The first kappa shape index (κ1) is 30.1. The van der Waals surface area contributed by atoms with Gasteiger partial charge in [0.05, 0.1) is 35.7 Å². The van der Waals surface area contributed by atoms with Crippen LogP contribution in [0.15, 0.2) is 67.1 Å². The zero-order valence-corrected chi connectivity index (χ0v) is 23.7. The van der Waals surface area contributed by atoms with Crippen molar-refractivity contribution < 1.29 is 28.8 Å².